The Morgan fingerprint density at radius 3 is 2.86 bits per heavy atom. The summed E-state index contributed by atoms with van der Waals surface area (Å²) in [6, 6.07) is 0. The van der Waals surface area contributed by atoms with Crippen LogP contribution in [0.4, 0.5) is 0 Å². The first-order valence-electron chi connectivity index (χ1n) is 2.66. The van der Waals surface area contributed by atoms with E-state index in [1.807, 2.05) is 0 Å². The Morgan fingerprint density at radius 2 is 2.57 bits per heavy atom. The van der Waals surface area contributed by atoms with Gasteiger partial charge in [0.15, 0.2) is 0 Å². The van der Waals surface area contributed by atoms with Crippen molar-refractivity contribution >= 4 is 8.05 Å². The van der Waals surface area contributed by atoms with Gasteiger partial charge in [-0.3, -0.25) is 0 Å². The maximum absolute atomic E-state index is 4.97. The molecule has 1 aliphatic carbocycles. The summed E-state index contributed by atoms with van der Waals surface area (Å²) in [5, 5.41) is 0. The summed E-state index contributed by atoms with van der Waals surface area (Å²) in [5.41, 5.74) is 0. The van der Waals surface area contributed by atoms with E-state index in [-0.39, 0.29) is 0 Å². The number of rotatable bonds is 1. The van der Waals surface area contributed by atoms with Crippen molar-refractivity contribution in [3.63, 3.8) is 0 Å². The van der Waals surface area contributed by atoms with Crippen LogP contribution in [0.25, 0.3) is 0 Å². The van der Waals surface area contributed by atoms with Gasteiger partial charge in [0, 0.05) is 6.42 Å². The molecule has 0 atom stereocenters. The summed E-state index contributed by atoms with van der Waals surface area (Å²) in [6.07, 6.45) is 5.79. The Bertz CT molecular complexity index is 88.1. The van der Waals surface area contributed by atoms with Crippen LogP contribution in [0.2, 0.25) is 0 Å². The Kier molecular flexibility index (Phi) is 1.40. The highest BCUT2D eigenvalue weighted by atomic mass is 16.4. The van der Waals surface area contributed by atoms with Gasteiger partial charge in [0.2, 0.25) is 0 Å². The van der Waals surface area contributed by atoms with E-state index in [2.05, 4.69) is 6.08 Å². The van der Waals surface area contributed by atoms with Gasteiger partial charge in [-0.1, -0.05) is 0 Å². The molecule has 0 aromatic heterocycles. The molecule has 0 heterocycles. The molecular weight excluding hydrogens is 86.9 g/mol. The summed E-state index contributed by atoms with van der Waals surface area (Å²) in [6.45, 7) is 0. The van der Waals surface area contributed by atoms with E-state index < -0.39 is 0 Å². The largest absolute Gasteiger partial charge is 0.571 e. The second-order valence-electron chi connectivity index (χ2n) is 1.77. The lowest BCUT2D eigenvalue weighted by atomic mass is 10.3. The number of allylic oxidation sites excluding steroid dienone is 2. The molecule has 0 amide bonds. The first-order valence-corrected chi connectivity index (χ1v) is 2.66. The molecule has 1 aliphatic rings. The highest BCUT2D eigenvalue weighted by Gasteiger charge is 2.00. The van der Waals surface area contributed by atoms with Crippen molar-refractivity contribution in [2.24, 2.45) is 0 Å². The van der Waals surface area contributed by atoms with Crippen LogP contribution in [0.1, 0.15) is 19.3 Å². The van der Waals surface area contributed by atoms with Gasteiger partial charge in [0.1, 0.15) is 0 Å². The fourth-order valence-corrected chi connectivity index (χ4v) is 0.827. The molecule has 0 unspecified atom stereocenters. The Balaban J connectivity index is 2.36. The summed E-state index contributed by atoms with van der Waals surface area (Å²) < 4.78 is 4.97. The normalized spacial score (nSPS) is 19.1. The third-order valence-electron chi connectivity index (χ3n) is 1.26. The lowest BCUT2D eigenvalue weighted by molar-refractivity contribution is 0.453. The van der Waals surface area contributed by atoms with Crippen molar-refractivity contribution in [1.29, 1.82) is 0 Å². The fourth-order valence-electron chi connectivity index (χ4n) is 0.827. The fraction of sp³-hybridized carbons (Fsp3) is 0.600. The monoisotopic (exact) mass is 96.1 g/mol. The summed E-state index contributed by atoms with van der Waals surface area (Å²) >= 11 is 0. The van der Waals surface area contributed by atoms with Crippen molar-refractivity contribution in [3.8, 4) is 0 Å². The van der Waals surface area contributed by atoms with Crippen LogP contribution >= 0.6 is 0 Å². The quantitative estimate of drug-likeness (QED) is 0.434. The molecule has 0 bridgehead atoms. The SMILES string of the molecule is BOC1=CCCC1. The van der Waals surface area contributed by atoms with Crippen LogP contribution in [0.5, 0.6) is 0 Å². The smallest absolute Gasteiger partial charge is 0.321 e. The Morgan fingerprint density at radius 1 is 1.71 bits per heavy atom. The van der Waals surface area contributed by atoms with Crippen LogP contribution in [0.15, 0.2) is 11.8 Å². The van der Waals surface area contributed by atoms with E-state index >= 15 is 0 Å². The highest BCUT2D eigenvalue weighted by Crippen LogP contribution is 2.16. The van der Waals surface area contributed by atoms with Crippen molar-refractivity contribution in [3.05, 3.63) is 11.8 Å². The van der Waals surface area contributed by atoms with Crippen LogP contribution in [0.3, 0.4) is 0 Å². The molecule has 0 aromatic rings. The Labute approximate surface area is 44.8 Å². The van der Waals surface area contributed by atoms with Gasteiger partial charge in [0.05, 0.1) is 5.76 Å². The minimum absolute atomic E-state index is 1.15. The molecule has 0 radical (unpaired) electrons. The predicted molar refractivity (Wildman–Crippen MR) is 31.6 cm³/mol. The van der Waals surface area contributed by atoms with Crippen molar-refractivity contribution in [2.75, 3.05) is 0 Å². The van der Waals surface area contributed by atoms with E-state index in [1.54, 1.807) is 8.05 Å². The van der Waals surface area contributed by atoms with Gasteiger partial charge in [-0.25, -0.2) is 0 Å². The highest BCUT2D eigenvalue weighted by molar-refractivity contribution is 5.98. The molecule has 1 rings (SSSR count). The zero-order valence-electron chi connectivity index (χ0n) is 4.61. The topological polar surface area (TPSA) is 9.23 Å². The first-order chi connectivity index (χ1) is 3.43. The zero-order valence-corrected chi connectivity index (χ0v) is 4.61. The van der Waals surface area contributed by atoms with Crippen LogP contribution in [0, 0.1) is 0 Å². The van der Waals surface area contributed by atoms with Crippen molar-refractivity contribution in [1.82, 2.24) is 0 Å². The van der Waals surface area contributed by atoms with Gasteiger partial charge < -0.3 is 4.65 Å². The summed E-state index contributed by atoms with van der Waals surface area (Å²) in [7, 11) is 1.73. The van der Waals surface area contributed by atoms with E-state index in [1.165, 1.54) is 18.6 Å². The predicted octanol–water partition coefficient (Wildman–Crippen LogP) is 0.619. The molecule has 38 valence electrons. The average molecular weight is 95.9 g/mol. The third kappa shape index (κ3) is 0.984. The number of hydrogen-bond donors (Lipinski definition) is 0. The molecule has 0 saturated carbocycles. The molecule has 0 fully saturated rings. The van der Waals surface area contributed by atoms with E-state index in [0.717, 1.165) is 6.42 Å². The van der Waals surface area contributed by atoms with E-state index in [9.17, 15) is 0 Å². The van der Waals surface area contributed by atoms with E-state index in [0.29, 0.717) is 0 Å². The molecule has 0 spiro atoms. The molecule has 0 aliphatic heterocycles. The molecule has 0 aromatic carbocycles. The first kappa shape index (κ1) is 4.76. The van der Waals surface area contributed by atoms with Gasteiger partial charge in [-0.2, -0.15) is 0 Å². The summed E-state index contributed by atoms with van der Waals surface area (Å²) in [5.74, 6) is 1.17. The second-order valence-corrected chi connectivity index (χ2v) is 1.77. The molecule has 7 heavy (non-hydrogen) atoms. The van der Waals surface area contributed by atoms with Gasteiger partial charge in [-0.15, -0.1) is 0 Å². The molecule has 0 saturated heterocycles. The van der Waals surface area contributed by atoms with Crippen molar-refractivity contribution in [2.45, 2.75) is 19.3 Å². The van der Waals surface area contributed by atoms with E-state index in [4.69, 9.17) is 4.65 Å². The van der Waals surface area contributed by atoms with Gasteiger partial charge >= 0.3 is 8.05 Å². The molecule has 0 N–H and O–H groups in total. The minimum atomic E-state index is 1.15. The second kappa shape index (κ2) is 2.06. The van der Waals surface area contributed by atoms with Crippen LogP contribution < -0.4 is 0 Å². The van der Waals surface area contributed by atoms with Crippen LogP contribution in [-0.4, -0.2) is 8.05 Å². The standard InChI is InChI=1S/C5H9BO/c6-7-5-3-1-2-4-5/h3H,1-2,4,6H2. The van der Waals surface area contributed by atoms with Crippen molar-refractivity contribution < 1.29 is 4.65 Å². The maximum atomic E-state index is 4.97. The number of hydrogen-bond acceptors (Lipinski definition) is 1. The van der Waals surface area contributed by atoms with Gasteiger partial charge in [0.25, 0.3) is 0 Å². The van der Waals surface area contributed by atoms with Crippen LogP contribution in [-0.2, 0) is 4.65 Å². The van der Waals surface area contributed by atoms with Gasteiger partial charge in [-0.05, 0) is 18.9 Å². The average Bonchev–Trinajstić information content (AvgIpc) is 2.14. The summed E-state index contributed by atoms with van der Waals surface area (Å²) in [4.78, 5) is 0. The maximum Gasteiger partial charge on any atom is 0.321 e. The molecular formula is C5H9BO. The molecule has 2 heteroatoms. The zero-order chi connectivity index (χ0) is 5.11. The minimum Gasteiger partial charge on any atom is -0.571 e. The molecule has 1 nitrogen and oxygen atoms in total. The lowest BCUT2D eigenvalue weighted by Crippen LogP contribution is -1.79. The third-order valence-corrected chi connectivity index (χ3v) is 1.26. The Hall–Kier alpha value is -0.395. The lowest BCUT2D eigenvalue weighted by Gasteiger charge is -1.95.